The van der Waals surface area contributed by atoms with E-state index in [1.165, 1.54) is 24.3 Å². The molecule has 1 rings (SSSR count). The Balaban J connectivity index is 3.03. The highest BCUT2D eigenvalue weighted by Gasteiger charge is 2.29. The average molecular weight is 324 g/mol. The predicted molar refractivity (Wildman–Crippen MR) is 80.5 cm³/mol. The maximum atomic E-state index is 12.4. The number of amides is 2. The van der Waals surface area contributed by atoms with E-state index in [0.29, 0.717) is 5.56 Å². The van der Waals surface area contributed by atoms with Gasteiger partial charge < -0.3 is 26.0 Å². The summed E-state index contributed by atoms with van der Waals surface area (Å²) in [5.41, 5.74) is 0.343. The zero-order valence-corrected chi connectivity index (χ0v) is 12.8. The summed E-state index contributed by atoms with van der Waals surface area (Å²) in [5.74, 6) is -3.07. The summed E-state index contributed by atoms with van der Waals surface area (Å²) in [4.78, 5) is 35.0. The third kappa shape index (κ3) is 5.26. The normalized spacial score (nSPS) is 13.2. The smallest absolute Gasteiger partial charge is 0.326 e. The molecule has 2 atom stereocenters. The predicted octanol–water partition coefficient (Wildman–Crippen LogP) is -0.233. The number of carbonyl (C=O) groups excluding carboxylic acids is 2. The van der Waals surface area contributed by atoms with Crippen LogP contribution in [0.15, 0.2) is 24.3 Å². The Morgan fingerprint density at radius 1 is 1.09 bits per heavy atom. The third-order valence-electron chi connectivity index (χ3n) is 3.17. The van der Waals surface area contributed by atoms with Crippen LogP contribution in [0.1, 0.15) is 25.5 Å². The van der Waals surface area contributed by atoms with Crippen molar-refractivity contribution in [3.05, 3.63) is 29.8 Å². The maximum absolute atomic E-state index is 12.4. The highest BCUT2D eigenvalue weighted by molar-refractivity contribution is 5.91. The summed E-state index contributed by atoms with van der Waals surface area (Å²) >= 11 is 0. The molecule has 0 unspecified atom stereocenters. The minimum absolute atomic E-state index is 0.0213. The van der Waals surface area contributed by atoms with E-state index in [0.717, 1.165) is 0 Å². The van der Waals surface area contributed by atoms with Crippen LogP contribution >= 0.6 is 0 Å². The molecule has 1 aromatic rings. The number of phenols is 1. The lowest BCUT2D eigenvalue weighted by Gasteiger charge is -2.23. The van der Waals surface area contributed by atoms with Gasteiger partial charge in [-0.2, -0.15) is 0 Å². The Kier molecular flexibility index (Phi) is 6.52. The molecule has 2 amide bonds. The fourth-order valence-electron chi connectivity index (χ4n) is 1.92. The summed E-state index contributed by atoms with van der Waals surface area (Å²) in [6, 6.07) is 3.20. The minimum atomic E-state index is -1.19. The summed E-state index contributed by atoms with van der Waals surface area (Å²) in [6.45, 7) is 2.47. The third-order valence-corrected chi connectivity index (χ3v) is 3.17. The molecular formula is C15H20N2O6. The SMILES string of the molecule is CC(C)[C@H](NC(=O)[C@H](NC(=O)CO)c1ccc(O)cc1)C(=O)O. The van der Waals surface area contributed by atoms with Gasteiger partial charge in [-0.05, 0) is 23.6 Å². The molecule has 1 aromatic carbocycles. The summed E-state index contributed by atoms with van der Waals surface area (Å²) in [5, 5.41) is 31.9. The van der Waals surface area contributed by atoms with Crippen molar-refractivity contribution in [1.29, 1.82) is 0 Å². The Hall–Kier alpha value is -2.61. The molecule has 8 nitrogen and oxygen atoms in total. The zero-order chi connectivity index (χ0) is 17.6. The van der Waals surface area contributed by atoms with Gasteiger partial charge in [0.25, 0.3) is 0 Å². The second kappa shape index (κ2) is 8.14. The number of aliphatic hydroxyl groups excluding tert-OH is 1. The number of hydrogen-bond donors (Lipinski definition) is 5. The van der Waals surface area contributed by atoms with E-state index < -0.39 is 36.5 Å². The van der Waals surface area contributed by atoms with Crippen LogP contribution in [-0.2, 0) is 14.4 Å². The van der Waals surface area contributed by atoms with Crippen LogP contribution in [0.25, 0.3) is 0 Å². The van der Waals surface area contributed by atoms with Crippen LogP contribution in [0, 0.1) is 5.92 Å². The first-order valence-corrected chi connectivity index (χ1v) is 6.98. The Labute approximate surface area is 133 Å². The lowest BCUT2D eigenvalue weighted by atomic mass is 10.0. The Morgan fingerprint density at radius 2 is 1.65 bits per heavy atom. The topological polar surface area (TPSA) is 136 Å². The van der Waals surface area contributed by atoms with Gasteiger partial charge in [-0.3, -0.25) is 9.59 Å². The summed E-state index contributed by atoms with van der Waals surface area (Å²) < 4.78 is 0. The fourth-order valence-corrected chi connectivity index (χ4v) is 1.92. The van der Waals surface area contributed by atoms with Crippen molar-refractivity contribution in [3.8, 4) is 5.75 Å². The zero-order valence-electron chi connectivity index (χ0n) is 12.8. The van der Waals surface area contributed by atoms with Gasteiger partial charge in [-0.25, -0.2) is 4.79 Å². The molecule has 0 heterocycles. The summed E-state index contributed by atoms with van der Waals surface area (Å²) in [6.07, 6.45) is 0. The number of aromatic hydroxyl groups is 1. The molecule has 8 heteroatoms. The monoisotopic (exact) mass is 324 g/mol. The standard InChI is InChI=1S/C15H20N2O6/c1-8(2)12(15(22)23)17-14(21)13(16-11(20)7-18)9-3-5-10(19)6-4-9/h3-6,8,12-13,18-19H,7H2,1-2H3,(H,16,20)(H,17,21)(H,22,23)/t12-,13+/m0/s1. The maximum Gasteiger partial charge on any atom is 0.326 e. The molecule has 0 saturated carbocycles. The fraction of sp³-hybridized carbons (Fsp3) is 0.400. The van der Waals surface area contributed by atoms with Crippen molar-refractivity contribution < 1.29 is 29.7 Å². The van der Waals surface area contributed by atoms with Gasteiger partial charge >= 0.3 is 5.97 Å². The second-order valence-corrected chi connectivity index (χ2v) is 5.32. The van der Waals surface area contributed by atoms with E-state index in [1.807, 2.05) is 0 Å². The average Bonchev–Trinajstić information content (AvgIpc) is 2.50. The lowest BCUT2D eigenvalue weighted by Crippen LogP contribution is -2.49. The molecular weight excluding hydrogens is 304 g/mol. The number of phenolic OH excluding ortho intramolecular Hbond substituents is 1. The molecule has 0 spiro atoms. The van der Waals surface area contributed by atoms with E-state index >= 15 is 0 Å². The highest BCUT2D eigenvalue weighted by Crippen LogP contribution is 2.18. The first-order valence-electron chi connectivity index (χ1n) is 6.98. The van der Waals surface area contributed by atoms with Crippen LogP contribution < -0.4 is 10.6 Å². The molecule has 0 radical (unpaired) electrons. The molecule has 0 fully saturated rings. The largest absolute Gasteiger partial charge is 0.508 e. The van der Waals surface area contributed by atoms with E-state index in [1.54, 1.807) is 13.8 Å². The van der Waals surface area contributed by atoms with E-state index in [4.69, 9.17) is 10.2 Å². The first-order chi connectivity index (χ1) is 10.8. The van der Waals surface area contributed by atoms with Gasteiger partial charge in [0.15, 0.2) is 0 Å². The number of aliphatic hydroxyl groups is 1. The van der Waals surface area contributed by atoms with Crippen LogP contribution in [0.5, 0.6) is 5.75 Å². The first kappa shape index (κ1) is 18.4. The number of nitrogens with one attached hydrogen (secondary N) is 2. The number of hydrogen-bond acceptors (Lipinski definition) is 5. The number of benzene rings is 1. The molecule has 0 aliphatic rings. The molecule has 23 heavy (non-hydrogen) atoms. The van der Waals surface area contributed by atoms with Crippen molar-refractivity contribution in [2.75, 3.05) is 6.61 Å². The van der Waals surface area contributed by atoms with Crippen molar-refractivity contribution in [1.82, 2.24) is 10.6 Å². The highest BCUT2D eigenvalue weighted by atomic mass is 16.4. The molecule has 0 bridgehead atoms. The van der Waals surface area contributed by atoms with E-state index in [9.17, 15) is 19.5 Å². The van der Waals surface area contributed by atoms with Crippen molar-refractivity contribution in [2.45, 2.75) is 25.9 Å². The van der Waals surface area contributed by atoms with Crippen LogP contribution in [0.2, 0.25) is 0 Å². The van der Waals surface area contributed by atoms with Crippen LogP contribution in [-0.4, -0.2) is 45.8 Å². The van der Waals surface area contributed by atoms with Crippen molar-refractivity contribution >= 4 is 17.8 Å². The van der Waals surface area contributed by atoms with E-state index in [-0.39, 0.29) is 11.7 Å². The van der Waals surface area contributed by atoms with Gasteiger partial charge in [-0.15, -0.1) is 0 Å². The van der Waals surface area contributed by atoms with Gasteiger partial charge in [0.2, 0.25) is 11.8 Å². The van der Waals surface area contributed by atoms with Gasteiger partial charge in [0, 0.05) is 0 Å². The number of carboxylic acids is 1. The summed E-state index contributed by atoms with van der Waals surface area (Å²) in [7, 11) is 0. The van der Waals surface area contributed by atoms with Gasteiger partial charge in [-0.1, -0.05) is 26.0 Å². The van der Waals surface area contributed by atoms with Crippen LogP contribution in [0.4, 0.5) is 0 Å². The van der Waals surface area contributed by atoms with Crippen molar-refractivity contribution in [2.24, 2.45) is 5.92 Å². The Morgan fingerprint density at radius 3 is 2.09 bits per heavy atom. The van der Waals surface area contributed by atoms with Crippen LogP contribution in [0.3, 0.4) is 0 Å². The molecule has 0 saturated heterocycles. The molecule has 0 aliphatic heterocycles. The van der Waals surface area contributed by atoms with Crippen molar-refractivity contribution in [3.63, 3.8) is 0 Å². The minimum Gasteiger partial charge on any atom is -0.508 e. The number of aliphatic carboxylic acids is 1. The number of rotatable bonds is 7. The molecule has 0 aliphatic carbocycles. The quantitative estimate of drug-likeness (QED) is 0.470. The Bertz CT molecular complexity index is 570. The van der Waals surface area contributed by atoms with Gasteiger partial charge in [0.05, 0.1) is 0 Å². The lowest BCUT2D eigenvalue weighted by molar-refractivity contribution is -0.143. The molecule has 0 aromatic heterocycles. The van der Waals surface area contributed by atoms with Gasteiger partial charge in [0.1, 0.15) is 24.4 Å². The molecule has 5 N–H and O–H groups in total. The number of carbonyl (C=O) groups is 3. The number of carboxylic acid groups (broad SMARTS) is 1. The second-order valence-electron chi connectivity index (χ2n) is 5.32. The molecule has 126 valence electrons. The van der Waals surface area contributed by atoms with E-state index in [2.05, 4.69) is 10.6 Å².